The molecule has 0 saturated heterocycles. The van der Waals surface area contributed by atoms with E-state index in [-0.39, 0.29) is 17.6 Å². The number of benzene rings is 1. The van der Waals surface area contributed by atoms with Gasteiger partial charge in [-0.15, -0.1) is 6.58 Å². The summed E-state index contributed by atoms with van der Waals surface area (Å²) >= 11 is 0. The molecule has 3 atom stereocenters. The maximum absolute atomic E-state index is 12.6. The number of nitriles is 1. The molecule has 0 aliphatic heterocycles. The van der Waals surface area contributed by atoms with Crippen molar-refractivity contribution in [3.8, 4) is 6.07 Å². The largest absolute Gasteiger partial charge is 0.299 e. The van der Waals surface area contributed by atoms with Crippen molar-refractivity contribution in [3.05, 3.63) is 48.0 Å². The van der Waals surface area contributed by atoms with Crippen LogP contribution in [0.2, 0.25) is 0 Å². The summed E-state index contributed by atoms with van der Waals surface area (Å²) in [4.78, 5) is 14.6. The highest BCUT2D eigenvalue weighted by Crippen LogP contribution is 2.45. The van der Waals surface area contributed by atoms with Gasteiger partial charge in [-0.05, 0) is 45.8 Å². The second-order valence-electron chi connectivity index (χ2n) is 6.87. The van der Waals surface area contributed by atoms with E-state index in [0.717, 1.165) is 24.0 Å². The number of carbonyl (C=O) groups is 1. The normalized spacial score (nSPS) is 24.0. The summed E-state index contributed by atoms with van der Waals surface area (Å²) in [7, 11) is 3.88. The van der Waals surface area contributed by atoms with Crippen molar-refractivity contribution < 1.29 is 4.79 Å². The molecule has 3 unspecified atom stereocenters. The molecule has 0 N–H and O–H groups in total. The zero-order valence-corrected chi connectivity index (χ0v) is 14.4. The van der Waals surface area contributed by atoms with Crippen LogP contribution in [0.4, 0.5) is 0 Å². The molecule has 3 heteroatoms. The van der Waals surface area contributed by atoms with Gasteiger partial charge in [0.25, 0.3) is 0 Å². The molecule has 1 aliphatic carbocycles. The first-order chi connectivity index (χ1) is 10.9. The number of carbonyl (C=O) groups excluding carboxylic acids is 1. The summed E-state index contributed by atoms with van der Waals surface area (Å²) in [6.45, 7) is 5.96. The van der Waals surface area contributed by atoms with Gasteiger partial charge < -0.3 is 0 Å². The molecule has 0 amide bonds. The Morgan fingerprint density at radius 1 is 1.39 bits per heavy atom. The van der Waals surface area contributed by atoms with Crippen LogP contribution in [0.3, 0.4) is 0 Å². The molecule has 0 bridgehead atoms. The van der Waals surface area contributed by atoms with E-state index in [2.05, 4.69) is 12.6 Å². The van der Waals surface area contributed by atoms with Crippen LogP contribution in [0.25, 0.3) is 0 Å². The van der Waals surface area contributed by atoms with Gasteiger partial charge in [0.05, 0.1) is 6.07 Å². The molecular formula is C20H26N2O. The molecule has 1 aromatic carbocycles. The third-order valence-corrected chi connectivity index (χ3v) is 5.03. The average Bonchev–Trinajstić information content (AvgIpc) is 2.52. The van der Waals surface area contributed by atoms with Crippen molar-refractivity contribution in [2.45, 2.75) is 38.1 Å². The van der Waals surface area contributed by atoms with Crippen LogP contribution in [0.5, 0.6) is 0 Å². The lowest BCUT2D eigenvalue weighted by Gasteiger charge is -2.46. The first-order valence-electron chi connectivity index (χ1n) is 8.24. The average molecular weight is 310 g/mol. The van der Waals surface area contributed by atoms with Crippen molar-refractivity contribution in [2.24, 2.45) is 11.8 Å². The molecule has 23 heavy (non-hydrogen) atoms. The predicted octanol–water partition coefficient (Wildman–Crippen LogP) is 3.92. The first-order valence-corrected chi connectivity index (χ1v) is 8.24. The van der Waals surface area contributed by atoms with Crippen molar-refractivity contribution >= 4 is 5.78 Å². The molecule has 3 nitrogen and oxygen atoms in total. The fourth-order valence-electron chi connectivity index (χ4n) is 3.98. The maximum atomic E-state index is 12.6. The van der Waals surface area contributed by atoms with Crippen LogP contribution >= 0.6 is 0 Å². The minimum atomic E-state index is -0.780. The minimum absolute atomic E-state index is 0.0113. The molecule has 2 rings (SSSR count). The van der Waals surface area contributed by atoms with E-state index in [0.29, 0.717) is 12.8 Å². The van der Waals surface area contributed by atoms with Crippen molar-refractivity contribution in [2.75, 3.05) is 14.1 Å². The van der Waals surface area contributed by atoms with Gasteiger partial charge >= 0.3 is 0 Å². The highest BCUT2D eigenvalue weighted by Gasteiger charge is 2.49. The van der Waals surface area contributed by atoms with E-state index in [1.165, 1.54) is 0 Å². The lowest BCUT2D eigenvalue weighted by Crippen LogP contribution is -2.52. The second kappa shape index (κ2) is 7.10. The van der Waals surface area contributed by atoms with Gasteiger partial charge in [0, 0.05) is 18.3 Å². The van der Waals surface area contributed by atoms with Crippen LogP contribution in [0.1, 0.15) is 38.2 Å². The Kier molecular flexibility index (Phi) is 5.38. The number of Topliss-reactive ketones (excluding diaryl/α,β-unsaturated/α-hetero) is 1. The highest BCUT2D eigenvalue weighted by molar-refractivity contribution is 5.82. The van der Waals surface area contributed by atoms with Crippen molar-refractivity contribution in [1.29, 1.82) is 5.26 Å². The topological polar surface area (TPSA) is 44.1 Å². The third-order valence-electron chi connectivity index (χ3n) is 5.03. The molecular weight excluding hydrogens is 284 g/mol. The molecule has 1 fully saturated rings. The van der Waals surface area contributed by atoms with E-state index in [1.807, 2.05) is 56.3 Å². The summed E-state index contributed by atoms with van der Waals surface area (Å²) < 4.78 is 0. The Hall–Kier alpha value is -1.92. The molecule has 0 radical (unpaired) electrons. The predicted molar refractivity (Wildman–Crippen MR) is 92.7 cm³/mol. The Morgan fingerprint density at radius 3 is 2.57 bits per heavy atom. The molecule has 122 valence electrons. The van der Waals surface area contributed by atoms with E-state index in [9.17, 15) is 10.1 Å². The maximum Gasteiger partial charge on any atom is 0.137 e. The smallest absolute Gasteiger partial charge is 0.137 e. The van der Waals surface area contributed by atoms with E-state index in [4.69, 9.17) is 0 Å². The zero-order valence-electron chi connectivity index (χ0n) is 14.4. The van der Waals surface area contributed by atoms with E-state index < -0.39 is 5.54 Å². The summed E-state index contributed by atoms with van der Waals surface area (Å²) in [6, 6.07) is 12.4. The van der Waals surface area contributed by atoms with Crippen LogP contribution in [-0.4, -0.2) is 24.8 Å². The molecule has 0 heterocycles. The first kappa shape index (κ1) is 17.4. The number of rotatable bonds is 5. The fraction of sp³-hybridized carbons (Fsp3) is 0.500. The van der Waals surface area contributed by atoms with Gasteiger partial charge in [-0.2, -0.15) is 5.26 Å². The van der Waals surface area contributed by atoms with Gasteiger partial charge in [0.15, 0.2) is 0 Å². The highest BCUT2D eigenvalue weighted by atomic mass is 16.1. The number of hydrogen-bond acceptors (Lipinski definition) is 3. The fourth-order valence-corrected chi connectivity index (χ4v) is 3.98. The van der Waals surface area contributed by atoms with Crippen LogP contribution < -0.4 is 0 Å². The van der Waals surface area contributed by atoms with Crippen LogP contribution in [-0.2, 0) is 10.3 Å². The lowest BCUT2D eigenvalue weighted by atomic mass is 9.64. The number of ketones is 1. The van der Waals surface area contributed by atoms with Crippen molar-refractivity contribution in [1.82, 2.24) is 4.90 Å². The summed E-state index contributed by atoms with van der Waals surface area (Å²) in [5, 5.41) is 10.2. The number of nitrogens with zero attached hydrogens (tertiary/aromatic N) is 2. The SMILES string of the molecule is C=C(C)CC1C(=O)CCCC1C(C#N)(c1ccccc1)N(C)C. The Morgan fingerprint density at radius 2 is 2.04 bits per heavy atom. The van der Waals surface area contributed by atoms with Gasteiger partial charge in [-0.3, -0.25) is 9.69 Å². The van der Waals surface area contributed by atoms with Gasteiger partial charge in [0.1, 0.15) is 11.3 Å². The molecule has 1 aliphatic rings. The molecule has 0 aromatic heterocycles. The second-order valence-corrected chi connectivity index (χ2v) is 6.87. The summed E-state index contributed by atoms with van der Waals surface area (Å²) in [6.07, 6.45) is 3.05. The monoisotopic (exact) mass is 310 g/mol. The number of allylic oxidation sites excluding steroid dienone is 1. The summed E-state index contributed by atoms with van der Waals surface area (Å²) in [5.74, 6) is 0.146. The zero-order chi connectivity index (χ0) is 17.0. The third kappa shape index (κ3) is 3.23. The van der Waals surface area contributed by atoms with E-state index >= 15 is 0 Å². The molecule has 1 aromatic rings. The van der Waals surface area contributed by atoms with Gasteiger partial charge in [0.2, 0.25) is 0 Å². The molecule has 0 spiro atoms. The number of hydrogen-bond donors (Lipinski definition) is 0. The van der Waals surface area contributed by atoms with Crippen LogP contribution in [0.15, 0.2) is 42.5 Å². The Balaban J connectivity index is 2.55. The van der Waals surface area contributed by atoms with Crippen molar-refractivity contribution in [3.63, 3.8) is 0 Å². The quantitative estimate of drug-likeness (QED) is 0.774. The summed E-state index contributed by atoms with van der Waals surface area (Å²) in [5.41, 5.74) is 1.20. The Bertz CT molecular complexity index is 614. The van der Waals surface area contributed by atoms with Gasteiger partial charge in [-0.1, -0.05) is 35.9 Å². The van der Waals surface area contributed by atoms with Crippen LogP contribution in [0, 0.1) is 23.2 Å². The van der Waals surface area contributed by atoms with Gasteiger partial charge in [-0.25, -0.2) is 0 Å². The Labute approximate surface area is 139 Å². The van der Waals surface area contributed by atoms with E-state index in [1.54, 1.807) is 0 Å². The standard InChI is InChI=1S/C20H26N2O/c1-15(2)13-17-18(11-8-12-19(17)23)20(14-21,22(3)4)16-9-6-5-7-10-16/h5-7,9-10,17-18H,1,8,11-13H2,2-4H3. The minimum Gasteiger partial charge on any atom is -0.299 e. The lowest BCUT2D eigenvalue weighted by molar-refractivity contribution is -0.129. The molecule has 1 saturated carbocycles.